The third-order valence-corrected chi connectivity index (χ3v) is 10.3. The van der Waals surface area contributed by atoms with Crippen LogP contribution in [0, 0.1) is 0 Å². The van der Waals surface area contributed by atoms with Gasteiger partial charge in [-0.1, -0.05) is 0 Å². The molecule has 0 saturated carbocycles. The van der Waals surface area contributed by atoms with Crippen molar-refractivity contribution in [2.24, 2.45) is 0 Å². The maximum absolute atomic E-state index is 6.03. The van der Waals surface area contributed by atoms with Gasteiger partial charge in [0.25, 0.3) is 0 Å². The first-order valence-corrected chi connectivity index (χ1v) is 10.4. The van der Waals surface area contributed by atoms with E-state index in [1.165, 1.54) is 0 Å². The second-order valence-corrected chi connectivity index (χ2v) is 9.59. The Hall–Kier alpha value is 0.234. The standard InChI is InChI=1S/C11H27NO4Si2/c1-5-13-17(14-6-2)12-10-9-11-18(12,15-7-3)16-8-4/h17H,5-11H2,1-4H3. The van der Waals surface area contributed by atoms with E-state index in [-0.39, 0.29) is 0 Å². The van der Waals surface area contributed by atoms with Gasteiger partial charge >= 0.3 is 18.2 Å². The van der Waals surface area contributed by atoms with Crippen molar-refractivity contribution in [1.29, 1.82) is 0 Å². The molecule has 0 aromatic heterocycles. The first-order valence-electron chi connectivity index (χ1n) is 7.01. The molecule has 0 aromatic rings. The van der Waals surface area contributed by atoms with Gasteiger partial charge in [-0.2, -0.15) is 0 Å². The highest BCUT2D eigenvalue weighted by Crippen LogP contribution is 2.29. The molecule has 7 heteroatoms. The van der Waals surface area contributed by atoms with Crippen molar-refractivity contribution < 1.29 is 17.7 Å². The predicted octanol–water partition coefficient (Wildman–Crippen LogP) is 1.49. The van der Waals surface area contributed by atoms with Gasteiger partial charge in [0.2, 0.25) is 0 Å². The van der Waals surface area contributed by atoms with Crippen LogP contribution < -0.4 is 0 Å². The Morgan fingerprint density at radius 1 is 0.944 bits per heavy atom. The van der Waals surface area contributed by atoms with Gasteiger partial charge in [-0.05, 0) is 40.7 Å². The zero-order chi connectivity index (χ0) is 13.4. The smallest absolute Gasteiger partial charge is 0.385 e. The van der Waals surface area contributed by atoms with Crippen LogP contribution in [0.3, 0.4) is 0 Å². The molecular weight excluding hydrogens is 266 g/mol. The van der Waals surface area contributed by atoms with E-state index in [2.05, 4.69) is 4.23 Å². The molecule has 1 rings (SSSR count). The summed E-state index contributed by atoms with van der Waals surface area (Å²) in [4.78, 5) is 0. The summed E-state index contributed by atoms with van der Waals surface area (Å²) < 4.78 is 26.1. The van der Waals surface area contributed by atoms with Gasteiger partial charge in [0.1, 0.15) is 0 Å². The molecule has 0 radical (unpaired) electrons. The Balaban J connectivity index is 2.79. The average Bonchev–Trinajstić information content (AvgIpc) is 2.73. The van der Waals surface area contributed by atoms with Crippen molar-refractivity contribution in [3.63, 3.8) is 0 Å². The Morgan fingerprint density at radius 2 is 1.50 bits per heavy atom. The van der Waals surface area contributed by atoms with Crippen LogP contribution in [0.15, 0.2) is 0 Å². The zero-order valence-electron chi connectivity index (χ0n) is 12.1. The summed E-state index contributed by atoms with van der Waals surface area (Å²) >= 11 is 0. The molecule has 0 bridgehead atoms. The Kier molecular flexibility index (Phi) is 7.61. The van der Waals surface area contributed by atoms with Crippen LogP contribution in [0.5, 0.6) is 0 Å². The molecule has 5 nitrogen and oxygen atoms in total. The van der Waals surface area contributed by atoms with Crippen LogP contribution >= 0.6 is 0 Å². The van der Waals surface area contributed by atoms with Crippen LogP contribution in [-0.4, -0.2) is 55.4 Å². The molecule has 0 unspecified atom stereocenters. The summed E-state index contributed by atoms with van der Waals surface area (Å²) in [6.07, 6.45) is 1.12. The monoisotopic (exact) mass is 293 g/mol. The lowest BCUT2D eigenvalue weighted by atomic mass is 10.5. The fourth-order valence-electron chi connectivity index (χ4n) is 2.37. The maximum atomic E-state index is 6.03. The van der Waals surface area contributed by atoms with Gasteiger partial charge in [-0.15, -0.1) is 0 Å². The number of hydrogen-bond donors (Lipinski definition) is 0. The first-order chi connectivity index (χ1) is 8.74. The summed E-state index contributed by atoms with van der Waals surface area (Å²) in [7, 11) is -4.08. The summed E-state index contributed by atoms with van der Waals surface area (Å²) in [5.74, 6) is 0. The van der Waals surface area contributed by atoms with Crippen LogP contribution in [0.2, 0.25) is 6.04 Å². The van der Waals surface area contributed by atoms with Crippen molar-refractivity contribution in [2.45, 2.75) is 40.2 Å². The third-order valence-electron chi connectivity index (χ3n) is 2.94. The van der Waals surface area contributed by atoms with Crippen molar-refractivity contribution in [3.8, 4) is 0 Å². The van der Waals surface area contributed by atoms with E-state index in [9.17, 15) is 0 Å². The second kappa shape index (κ2) is 8.41. The van der Waals surface area contributed by atoms with Crippen molar-refractivity contribution in [3.05, 3.63) is 0 Å². The second-order valence-electron chi connectivity index (χ2n) is 4.09. The lowest BCUT2D eigenvalue weighted by Crippen LogP contribution is -2.62. The molecule has 1 fully saturated rings. The van der Waals surface area contributed by atoms with E-state index < -0.39 is 18.2 Å². The quantitative estimate of drug-likeness (QED) is 0.603. The third kappa shape index (κ3) is 3.86. The van der Waals surface area contributed by atoms with Crippen molar-refractivity contribution in [1.82, 2.24) is 4.23 Å². The van der Waals surface area contributed by atoms with Crippen LogP contribution in [0.25, 0.3) is 0 Å². The highest BCUT2D eigenvalue weighted by Gasteiger charge is 2.53. The molecular formula is C11H27NO4Si2. The Morgan fingerprint density at radius 3 is 1.94 bits per heavy atom. The van der Waals surface area contributed by atoms with E-state index in [0.717, 1.165) is 19.0 Å². The number of hydrogen-bond acceptors (Lipinski definition) is 5. The lowest BCUT2D eigenvalue weighted by Gasteiger charge is -2.37. The van der Waals surface area contributed by atoms with Gasteiger partial charge in [0.05, 0.1) is 0 Å². The van der Waals surface area contributed by atoms with Gasteiger partial charge in [-0.3, -0.25) is 4.23 Å². The number of rotatable bonds is 9. The van der Waals surface area contributed by atoms with Crippen molar-refractivity contribution in [2.75, 3.05) is 33.0 Å². The van der Waals surface area contributed by atoms with Gasteiger partial charge in [-0.25, -0.2) is 0 Å². The normalized spacial score (nSPS) is 19.8. The van der Waals surface area contributed by atoms with Crippen LogP contribution in [-0.2, 0) is 17.7 Å². The minimum absolute atomic E-state index is 0.691. The highest BCUT2D eigenvalue weighted by atomic mass is 28.4. The summed E-state index contributed by atoms with van der Waals surface area (Å²) in [6.45, 7) is 11.9. The minimum Gasteiger partial charge on any atom is -0.385 e. The SMILES string of the molecule is CCO[SiH](OCC)N1CCC[Si]1(OCC)OCC. The minimum atomic E-state index is -2.25. The van der Waals surface area contributed by atoms with E-state index >= 15 is 0 Å². The summed E-state index contributed by atoms with van der Waals surface area (Å²) in [6, 6.07) is 1.03. The average molecular weight is 294 g/mol. The summed E-state index contributed by atoms with van der Waals surface area (Å²) in [5, 5.41) is 0. The predicted molar refractivity (Wildman–Crippen MR) is 75.5 cm³/mol. The largest absolute Gasteiger partial charge is 0.424 e. The topological polar surface area (TPSA) is 40.2 Å². The maximum Gasteiger partial charge on any atom is 0.424 e. The fourth-order valence-corrected chi connectivity index (χ4v) is 9.35. The molecule has 0 spiro atoms. The molecule has 1 saturated heterocycles. The molecule has 18 heavy (non-hydrogen) atoms. The van der Waals surface area contributed by atoms with Gasteiger partial charge in [0.15, 0.2) is 0 Å². The van der Waals surface area contributed by atoms with E-state index in [1.807, 2.05) is 27.7 Å². The Labute approximate surface area is 114 Å². The Bertz CT molecular complexity index is 221. The van der Waals surface area contributed by atoms with Crippen molar-refractivity contribution >= 4 is 18.2 Å². The molecule has 1 aliphatic heterocycles. The molecule has 0 aliphatic carbocycles. The lowest BCUT2D eigenvalue weighted by molar-refractivity contribution is 0.123. The van der Waals surface area contributed by atoms with E-state index in [4.69, 9.17) is 17.7 Å². The van der Waals surface area contributed by atoms with E-state index in [1.54, 1.807) is 0 Å². The van der Waals surface area contributed by atoms with E-state index in [0.29, 0.717) is 26.4 Å². The molecule has 108 valence electrons. The summed E-state index contributed by atoms with van der Waals surface area (Å²) in [5.41, 5.74) is 0. The molecule has 1 heterocycles. The first kappa shape index (κ1) is 16.3. The fraction of sp³-hybridized carbons (Fsp3) is 1.00. The van der Waals surface area contributed by atoms with Crippen LogP contribution in [0.1, 0.15) is 34.1 Å². The molecule has 0 N–H and O–H groups in total. The molecule has 0 amide bonds. The number of nitrogens with zero attached hydrogens (tertiary/aromatic N) is 1. The zero-order valence-corrected chi connectivity index (χ0v) is 14.3. The van der Waals surface area contributed by atoms with Crippen LogP contribution in [0.4, 0.5) is 0 Å². The molecule has 0 atom stereocenters. The van der Waals surface area contributed by atoms with Gasteiger partial charge < -0.3 is 17.7 Å². The van der Waals surface area contributed by atoms with Gasteiger partial charge in [0, 0.05) is 32.5 Å². The molecule has 1 aliphatic rings. The highest BCUT2D eigenvalue weighted by molar-refractivity contribution is 6.74. The molecule has 0 aromatic carbocycles.